The van der Waals surface area contributed by atoms with Crippen LogP contribution in [0.1, 0.15) is 17.3 Å². The molecule has 0 atom stereocenters. The minimum atomic E-state index is 0.0455. The van der Waals surface area contributed by atoms with Gasteiger partial charge in [0.1, 0.15) is 5.82 Å². The van der Waals surface area contributed by atoms with Gasteiger partial charge in [-0.15, -0.1) is 10.2 Å². The van der Waals surface area contributed by atoms with Gasteiger partial charge in [0.2, 0.25) is 0 Å². The van der Waals surface area contributed by atoms with Gasteiger partial charge < -0.3 is 14.2 Å². The van der Waals surface area contributed by atoms with Crippen LogP contribution in [-0.4, -0.2) is 24.4 Å². The monoisotopic (exact) mass is 206 g/mol. The molecule has 0 unspecified atom stereocenters. The highest BCUT2D eigenvalue weighted by Crippen LogP contribution is 2.06. The van der Waals surface area contributed by atoms with Gasteiger partial charge in [0, 0.05) is 18.9 Å². The molecule has 0 aliphatic rings. The number of aliphatic hydroxyl groups is 1. The van der Waals surface area contributed by atoms with E-state index in [1.54, 1.807) is 0 Å². The SMILES string of the molecule is Cc1nnc(Cn2cccc2CO)n1C. The lowest BCUT2D eigenvalue weighted by atomic mass is 10.4. The molecular weight excluding hydrogens is 192 g/mol. The fourth-order valence-electron chi connectivity index (χ4n) is 1.49. The average molecular weight is 206 g/mol. The lowest BCUT2D eigenvalue weighted by Gasteiger charge is -2.06. The van der Waals surface area contributed by atoms with Crippen LogP contribution in [0.2, 0.25) is 0 Å². The molecule has 1 N–H and O–H groups in total. The Morgan fingerprint density at radius 3 is 2.80 bits per heavy atom. The summed E-state index contributed by atoms with van der Waals surface area (Å²) in [6, 6.07) is 3.80. The summed E-state index contributed by atoms with van der Waals surface area (Å²) in [5.41, 5.74) is 0.885. The van der Waals surface area contributed by atoms with Crippen molar-refractivity contribution in [2.24, 2.45) is 7.05 Å². The van der Waals surface area contributed by atoms with Gasteiger partial charge in [-0.05, 0) is 19.1 Å². The van der Waals surface area contributed by atoms with E-state index in [1.807, 2.05) is 41.4 Å². The molecule has 0 aromatic carbocycles. The molecule has 0 spiro atoms. The number of aliphatic hydroxyl groups excluding tert-OH is 1. The van der Waals surface area contributed by atoms with Crippen LogP contribution in [0.25, 0.3) is 0 Å². The van der Waals surface area contributed by atoms with E-state index >= 15 is 0 Å². The molecule has 0 saturated carbocycles. The Bertz CT molecular complexity index is 458. The van der Waals surface area contributed by atoms with E-state index in [4.69, 9.17) is 5.11 Å². The van der Waals surface area contributed by atoms with Crippen molar-refractivity contribution in [3.63, 3.8) is 0 Å². The van der Waals surface area contributed by atoms with Crippen molar-refractivity contribution in [1.82, 2.24) is 19.3 Å². The van der Waals surface area contributed by atoms with Crippen LogP contribution in [0.5, 0.6) is 0 Å². The highest BCUT2D eigenvalue weighted by molar-refractivity contribution is 5.08. The Balaban J connectivity index is 2.25. The molecule has 0 aliphatic carbocycles. The number of aromatic nitrogens is 4. The van der Waals surface area contributed by atoms with Gasteiger partial charge in [0.15, 0.2) is 5.82 Å². The van der Waals surface area contributed by atoms with Gasteiger partial charge in [-0.1, -0.05) is 0 Å². The van der Waals surface area contributed by atoms with E-state index in [-0.39, 0.29) is 6.61 Å². The van der Waals surface area contributed by atoms with Crippen LogP contribution >= 0.6 is 0 Å². The number of hydrogen-bond donors (Lipinski definition) is 1. The second-order valence-corrected chi connectivity index (χ2v) is 3.51. The number of nitrogens with zero attached hydrogens (tertiary/aromatic N) is 4. The van der Waals surface area contributed by atoms with Crippen molar-refractivity contribution in [3.8, 4) is 0 Å². The largest absolute Gasteiger partial charge is 0.390 e. The third-order valence-corrected chi connectivity index (χ3v) is 2.58. The van der Waals surface area contributed by atoms with E-state index in [0.29, 0.717) is 6.54 Å². The second kappa shape index (κ2) is 3.86. The summed E-state index contributed by atoms with van der Waals surface area (Å²) in [5, 5.41) is 17.2. The summed E-state index contributed by atoms with van der Waals surface area (Å²) in [6.45, 7) is 2.60. The molecule has 0 amide bonds. The molecule has 0 radical (unpaired) electrons. The first-order chi connectivity index (χ1) is 7.22. The van der Waals surface area contributed by atoms with Crippen LogP contribution in [0.4, 0.5) is 0 Å². The summed E-state index contributed by atoms with van der Waals surface area (Å²) in [7, 11) is 1.94. The van der Waals surface area contributed by atoms with E-state index in [9.17, 15) is 0 Å². The first-order valence-electron chi connectivity index (χ1n) is 4.82. The summed E-state index contributed by atoms with van der Waals surface area (Å²) in [5.74, 6) is 1.78. The van der Waals surface area contributed by atoms with Gasteiger partial charge in [-0.2, -0.15) is 0 Å². The van der Waals surface area contributed by atoms with Crippen molar-refractivity contribution in [2.45, 2.75) is 20.1 Å². The minimum absolute atomic E-state index is 0.0455. The Morgan fingerprint density at radius 2 is 2.20 bits per heavy atom. The molecule has 15 heavy (non-hydrogen) atoms. The lowest BCUT2D eigenvalue weighted by molar-refractivity contribution is 0.271. The van der Waals surface area contributed by atoms with Gasteiger partial charge in [0.05, 0.1) is 13.2 Å². The Hall–Kier alpha value is -1.62. The second-order valence-electron chi connectivity index (χ2n) is 3.51. The third kappa shape index (κ3) is 1.78. The zero-order valence-electron chi connectivity index (χ0n) is 8.88. The molecule has 0 aliphatic heterocycles. The molecule has 2 aromatic heterocycles. The van der Waals surface area contributed by atoms with Crippen molar-refractivity contribution in [2.75, 3.05) is 0 Å². The van der Waals surface area contributed by atoms with Crippen LogP contribution < -0.4 is 0 Å². The molecule has 5 nitrogen and oxygen atoms in total. The zero-order chi connectivity index (χ0) is 10.8. The van der Waals surface area contributed by atoms with Crippen molar-refractivity contribution in [3.05, 3.63) is 35.7 Å². The first kappa shape index (κ1) is 9.92. The van der Waals surface area contributed by atoms with Crippen molar-refractivity contribution in [1.29, 1.82) is 0 Å². The molecule has 2 aromatic rings. The standard InChI is InChI=1S/C10H14N4O/c1-8-11-12-10(13(8)2)6-14-5-3-4-9(14)7-15/h3-5,15H,6-7H2,1-2H3. The average Bonchev–Trinajstić information content (AvgIpc) is 2.80. The maximum absolute atomic E-state index is 9.10. The van der Waals surface area contributed by atoms with Crippen LogP contribution in [0.3, 0.4) is 0 Å². The van der Waals surface area contributed by atoms with E-state index in [2.05, 4.69) is 10.2 Å². The summed E-state index contributed by atoms with van der Waals surface area (Å²) >= 11 is 0. The quantitative estimate of drug-likeness (QED) is 0.794. The third-order valence-electron chi connectivity index (χ3n) is 2.58. The molecule has 2 heterocycles. The van der Waals surface area contributed by atoms with Gasteiger partial charge in [-0.3, -0.25) is 0 Å². The zero-order valence-corrected chi connectivity index (χ0v) is 8.88. The van der Waals surface area contributed by atoms with Crippen LogP contribution in [0.15, 0.2) is 18.3 Å². The predicted octanol–water partition coefficient (Wildman–Crippen LogP) is 0.466. The van der Waals surface area contributed by atoms with E-state index in [0.717, 1.165) is 17.3 Å². The highest BCUT2D eigenvalue weighted by Gasteiger charge is 2.07. The molecule has 0 fully saturated rings. The number of hydrogen-bond acceptors (Lipinski definition) is 3. The molecule has 2 rings (SSSR count). The molecule has 80 valence electrons. The first-order valence-corrected chi connectivity index (χ1v) is 4.82. The summed E-state index contributed by atoms with van der Waals surface area (Å²) in [6.07, 6.45) is 1.93. The summed E-state index contributed by atoms with van der Waals surface area (Å²) < 4.78 is 3.91. The molecule has 0 saturated heterocycles. The van der Waals surface area contributed by atoms with Gasteiger partial charge >= 0.3 is 0 Å². The fraction of sp³-hybridized carbons (Fsp3) is 0.400. The van der Waals surface area contributed by atoms with Crippen LogP contribution in [-0.2, 0) is 20.2 Å². The van der Waals surface area contributed by atoms with Crippen LogP contribution in [0, 0.1) is 6.92 Å². The maximum Gasteiger partial charge on any atom is 0.152 e. The normalized spacial score (nSPS) is 10.9. The Morgan fingerprint density at radius 1 is 1.40 bits per heavy atom. The smallest absolute Gasteiger partial charge is 0.152 e. The van der Waals surface area contributed by atoms with Gasteiger partial charge in [-0.25, -0.2) is 0 Å². The fourth-order valence-corrected chi connectivity index (χ4v) is 1.49. The van der Waals surface area contributed by atoms with E-state index < -0.39 is 0 Å². The van der Waals surface area contributed by atoms with Crippen molar-refractivity contribution < 1.29 is 5.11 Å². The molecular formula is C10H14N4O. The summed E-state index contributed by atoms with van der Waals surface area (Å²) in [4.78, 5) is 0. The Kier molecular flexibility index (Phi) is 2.55. The molecule has 0 bridgehead atoms. The lowest BCUT2D eigenvalue weighted by Crippen LogP contribution is -2.08. The highest BCUT2D eigenvalue weighted by atomic mass is 16.3. The number of rotatable bonds is 3. The van der Waals surface area contributed by atoms with E-state index in [1.165, 1.54) is 0 Å². The Labute approximate surface area is 88.0 Å². The topological polar surface area (TPSA) is 55.9 Å². The maximum atomic E-state index is 9.10. The van der Waals surface area contributed by atoms with Gasteiger partial charge in [0.25, 0.3) is 0 Å². The predicted molar refractivity (Wildman–Crippen MR) is 55.2 cm³/mol. The number of aryl methyl sites for hydroxylation is 1. The molecule has 5 heteroatoms. The minimum Gasteiger partial charge on any atom is -0.390 e. The van der Waals surface area contributed by atoms with Crippen molar-refractivity contribution >= 4 is 0 Å².